The molecule has 5 heterocycles. The van der Waals surface area contributed by atoms with Gasteiger partial charge >= 0.3 is 0 Å². The fourth-order valence-corrected chi connectivity index (χ4v) is 4.87. The van der Waals surface area contributed by atoms with Crippen molar-refractivity contribution in [2.45, 2.75) is 20.3 Å². The quantitative estimate of drug-likeness (QED) is 0.184. The van der Waals surface area contributed by atoms with Crippen LogP contribution in [0.2, 0.25) is 0 Å². The maximum atomic E-state index is 14.6. The van der Waals surface area contributed by atoms with Gasteiger partial charge in [0.2, 0.25) is 5.91 Å². The number of amides is 1. The molecule has 0 bridgehead atoms. The molecule has 0 aliphatic heterocycles. The number of hydrogen-bond donors (Lipinski definition) is 3. The van der Waals surface area contributed by atoms with Crippen molar-refractivity contribution in [1.29, 1.82) is 0 Å². The van der Waals surface area contributed by atoms with E-state index in [1.807, 2.05) is 51.0 Å². The van der Waals surface area contributed by atoms with Crippen molar-refractivity contribution in [3.05, 3.63) is 67.0 Å². The lowest BCUT2D eigenvalue weighted by Gasteiger charge is -2.12. The molecule has 0 spiro atoms. The third-order valence-electron chi connectivity index (χ3n) is 6.94. The first-order chi connectivity index (χ1) is 21.2. The van der Waals surface area contributed by atoms with Gasteiger partial charge in [-0.05, 0) is 50.3 Å². The van der Waals surface area contributed by atoms with Gasteiger partial charge < -0.3 is 19.9 Å². The molecule has 6 rings (SSSR count). The fourth-order valence-electron chi connectivity index (χ4n) is 4.87. The summed E-state index contributed by atoms with van der Waals surface area (Å²) in [5.41, 5.74) is 5.69. The van der Waals surface area contributed by atoms with E-state index in [1.54, 1.807) is 30.9 Å². The molecule has 44 heavy (non-hydrogen) atoms. The van der Waals surface area contributed by atoms with Crippen LogP contribution in [0, 0.1) is 11.7 Å². The summed E-state index contributed by atoms with van der Waals surface area (Å²) in [6.07, 6.45) is 7.09. The number of aromatic nitrogens is 7. The minimum Gasteiger partial charge on any atom is -0.492 e. The Labute approximate surface area is 252 Å². The summed E-state index contributed by atoms with van der Waals surface area (Å²) in [4.78, 5) is 35.9. The number of aromatic amines is 2. The lowest BCUT2D eigenvalue weighted by molar-refractivity contribution is -0.116. The van der Waals surface area contributed by atoms with Crippen molar-refractivity contribution < 1.29 is 13.9 Å². The van der Waals surface area contributed by atoms with Crippen LogP contribution in [0.15, 0.2) is 61.2 Å². The third kappa shape index (κ3) is 6.25. The van der Waals surface area contributed by atoms with E-state index in [0.717, 1.165) is 22.0 Å². The maximum absolute atomic E-state index is 14.6. The van der Waals surface area contributed by atoms with Gasteiger partial charge in [-0.25, -0.2) is 9.37 Å². The average molecular weight is 594 g/mol. The molecule has 0 radical (unpaired) electrons. The number of rotatable bonds is 10. The van der Waals surface area contributed by atoms with E-state index in [0.29, 0.717) is 65.0 Å². The number of likely N-dealkylation sites (N-methyl/N-ethyl adjacent to an activating group) is 1. The highest BCUT2D eigenvalue weighted by molar-refractivity contribution is 5.97. The topological polar surface area (TPSA) is 138 Å². The van der Waals surface area contributed by atoms with E-state index in [4.69, 9.17) is 9.72 Å². The largest absolute Gasteiger partial charge is 0.492 e. The fraction of sp³-hybridized carbons (Fsp3) is 0.250. The van der Waals surface area contributed by atoms with Gasteiger partial charge in [0.05, 0.1) is 40.5 Å². The lowest BCUT2D eigenvalue weighted by Crippen LogP contribution is -2.19. The number of fused-ring (bicyclic) bond motifs is 2. The molecular formula is C32H32FN9O2. The molecule has 0 saturated carbocycles. The van der Waals surface area contributed by atoms with Gasteiger partial charge in [-0.1, -0.05) is 13.8 Å². The van der Waals surface area contributed by atoms with Crippen molar-refractivity contribution in [3.8, 4) is 39.8 Å². The summed E-state index contributed by atoms with van der Waals surface area (Å²) in [6.45, 7) is 5.12. The number of nitrogens with zero attached hydrogens (tertiary/aromatic N) is 6. The monoisotopic (exact) mass is 593 g/mol. The summed E-state index contributed by atoms with van der Waals surface area (Å²) in [6, 6.07) is 10.1. The number of hydrogen-bond acceptors (Lipinski definition) is 8. The highest BCUT2D eigenvalue weighted by atomic mass is 19.1. The van der Waals surface area contributed by atoms with Gasteiger partial charge in [0.25, 0.3) is 0 Å². The molecule has 0 aliphatic carbocycles. The highest BCUT2D eigenvalue weighted by Gasteiger charge is 2.18. The lowest BCUT2D eigenvalue weighted by atomic mass is 10.1. The maximum Gasteiger partial charge on any atom is 0.224 e. The van der Waals surface area contributed by atoms with Gasteiger partial charge in [0, 0.05) is 47.9 Å². The minimum atomic E-state index is -0.423. The Morgan fingerprint density at radius 1 is 1.02 bits per heavy atom. The van der Waals surface area contributed by atoms with Crippen molar-refractivity contribution >= 4 is 33.5 Å². The van der Waals surface area contributed by atoms with Crippen molar-refractivity contribution in [1.82, 2.24) is 40.0 Å². The van der Waals surface area contributed by atoms with E-state index in [2.05, 4.69) is 35.5 Å². The normalized spacial score (nSPS) is 11.6. The van der Waals surface area contributed by atoms with Crippen LogP contribution in [0.4, 0.5) is 10.1 Å². The highest BCUT2D eigenvalue weighted by Crippen LogP contribution is 2.33. The third-order valence-corrected chi connectivity index (χ3v) is 6.94. The van der Waals surface area contributed by atoms with E-state index in [-0.39, 0.29) is 11.8 Å². The molecule has 5 aromatic heterocycles. The number of imidazole rings is 1. The second-order valence-electron chi connectivity index (χ2n) is 11.3. The second-order valence-corrected chi connectivity index (χ2v) is 11.3. The molecule has 0 atom stereocenters. The van der Waals surface area contributed by atoms with Crippen LogP contribution in [0.1, 0.15) is 20.3 Å². The van der Waals surface area contributed by atoms with Crippen LogP contribution in [0.5, 0.6) is 5.75 Å². The second kappa shape index (κ2) is 12.2. The van der Waals surface area contributed by atoms with Crippen LogP contribution in [-0.2, 0) is 4.79 Å². The zero-order valence-electron chi connectivity index (χ0n) is 24.8. The average Bonchev–Trinajstić information content (AvgIpc) is 3.60. The van der Waals surface area contributed by atoms with Gasteiger partial charge in [0.15, 0.2) is 5.82 Å². The molecule has 0 unspecified atom stereocenters. The SMILES string of the molecule is CC(C)CC(=O)Nc1cncc(-c2cc3c(-c4nc5c(-c6cc(F)cc(OCCN(C)C)c6)nccc5[nH]4)n[nH]c3cn2)c1. The van der Waals surface area contributed by atoms with Crippen molar-refractivity contribution in [2.75, 3.05) is 32.6 Å². The van der Waals surface area contributed by atoms with Crippen LogP contribution in [0.3, 0.4) is 0 Å². The molecule has 1 aromatic carbocycles. The van der Waals surface area contributed by atoms with E-state index >= 15 is 0 Å². The van der Waals surface area contributed by atoms with E-state index in [1.165, 1.54) is 12.1 Å². The number of carbonyl (C=O) groups excluding carboxylic acids is 1. The summed E-state index contributed by atoms with van der Waals surface area (Å²) >= 11 is 0. The summed E-state index contributed by atoms with van der Waals surface area (Å²) in [5.74, 6) is 0.702. The first kappa shape index (κ1) is 28.9. The standard InChI is InChI=1S/C32H32FN9O2/c1-18(2)9-28(43)37-22-11-20(15-34-16-22)26-14-24-27(17-36-26)40-41-30(24)32-38-25-5-6-35-29(31(25)39-32)19-10-21(33)13-23(12-19)44-8-7-42(3)4/h5-6,10-18H,7-9H2,1-4H3,(H,37,43)(H,38,39)(H,40,41). The molecule has 224 valence electrons. The molecule has 3 N–H and O–H groups in total. The molecule has 11 nitrogen and oxygen atoms in total. The Morgan fingerprint density at radius 2 is 1.89 bits per heavy atom. The predicted molar refractivity (Wildman–Crippen MR) is 168 cm³/mol. The number of carbonyl (C=O) groups is 1. The van der Waals surface area contributed by atoms with Crippen LogP contribution >= 0.6 is 0 Å². The molecule has 0 fully saturated rings. The molecule has 6 aromatic rings. The summed E-state index contributed by atoms with van der Waals surface area (Å²) < 4.78 is 20.4. The van der Waals surface area contributed by atoms with Crippen LogP contribution in [-0.4, -0.2) is 73.2 Å². The summed E-state index contributed by atoms with van der Waals surface area (Å²) in [7, 11) is 3.90. The number of nitrogens with one attached hydrogen (secondary N) is 3. The molecule has 0 aliphatic rings. The number of pyridine rings is 3. The zero-order chi connectivity index (χ0) is 30.8. The van der Waals surface area contributed by atoms with E-state index < -0.39 is 5.82 Å². The van der Waals surface area contributed by atoms with Gasteiger partial charge in [-0.15, -0.1) is 0 Å². The number of benzene rings is 1. The Kier molecular flexibility index (Phi) is 7.99. The van der Waals surface area contributed by atoms with Crippen molar-refractivity contribution in [3.63, 3.8) is 0 Å². The van der Waals surface area contributed by atoms with E-state index in [9.17, 15) is 9.18 Å². The zero-order valence-corrected chi connectivity index (χ0v) is 24.8. The molecular weight excluding hydrogens is 561 g/mol. The molecule has 12 heteroatoms. The number of ether oxygens (including phenoxy) is 1. The van der Waals surface area contributed by atoms with Crippen LogP contribution < -0.4 is 10.1 Å². The first-order valence-electron chi connectivity index (χ1n) is 14.3. The summed E-state index contributed by atoms with van der Waals surface area (Å²) in [5, 5.41) is 11.2. The molecule has 0 saturated heterocycles. The Balaban J connectivity index is 1.33. The predicted octanol–water partition coefficient (Wildman–Crippen LogP) is 5.69. The van der Waals surface area contributed by atoms with Crippen LogP contribution in [0.25, 0.3) is 56.0 Å². The first-order valence-corrected chi connectivity index (χ1v) is 14.3. The van der Waals surface area contributed by atoms with Gasteiger partial charge in [-0.2, -0.15) is 5.10 Å². The van der Waals surface area contributed by atoms with Gasteiger partial charge in [-0.3, -0.25) is 24.8 Å². The Bertz CT molecular complexity index is 1960. The van der Waals surface area contributed by atoms with Gasteiger partial charge in [0.1, 0.15) is 29.4 Å². The Hall–Kier alpha value is -5.23. The number of halogens is 1. The minimum absolute atomic E-state index is 0.0652. The number of H-pyrrole nitrogens is 2. The van der Waals surface area contributed by atoms with Crippen molar-refractivity contribution in [2.24, 2.45) is 5.92 Å². The Morgan fingerprint density at radius 3 is 2.70 bits per heavy atom. The number of anilines is 1. The molecule has 1 amide bonds. The smallest absolute Gasteiger partial charge is 0.224 e.